The van der Waals surface area contributed by atoms with Crippen molar-refractivity contribution >= 4 is 22.9 Å². The van der Waals surface area contributed by atoms with Crippen LogP contribution in [0.2, 0.25) is 0 Å². The molecule has 1 aromatic heterocycles. The van der Waals surface area contributed by atoms with Crippen molar-refractivity contribution in [1.29, 1.82) is 0 Å². The van der Waals surface area contributed by atoms with E-state index in [2.05, 4.69) is 34.6 Å². The molecule has 2 amide bonds. The molecule has 0 saturated heterocycles. The molecule has 2 N–H and O–H groups in total. The summed E-state index contributed by atoms with van der Waals surface area (Å²) in [6.45, 7) is 8.34. The van der Waals surface area contributed by atoms with Crippen LogP contribution in [-0.4, -0.2) is 28.2 Å². The van der Waals surface area contributed by atoms with Crippen LogP contribution in [0.1, 0.15) is 56.4 Å². The molecule has 1 heterocycles. The number of para-hydroxylation sites is 1. The van der Waals surface area contributed by atoms with Crippen LogP contribution < -0.4 is 10.8 Å². The van der Waals surface area contributed by atoms with Gasteiger partial charge in [-0.1, -0.05) is 116 Å². The molecule has 0 radical (unpaired) electrons. The van der Waals surface area contributed by atoms with E-state index in [1.54, 1.807) is 20.8 Å². The smallest absolute Gasteiger partial charge is 0.408 e. The molecule has 7 heteroatoms. The summed E-state index contributed by atoms with van der Waals surface area (Å²) < 4.78 is 7.75. The summed E-state index contributed by atoms with van der Waals surface area (Å²) in [5, 5.41) is 3.85. The number of aromatic nitrogens is 1. The molecule has 5 rings (SSSR count). The summed E-state index contributed by atoms with van der Waals surface area (Å²) in [5.74, 6) is -0.500. The van der Waals surface area contributed by atoms with Crippen molar-refractivity contribution in [3.05, 3.63) is 144 Å². The molecule has 0 bridgehead atoms. The van der Waals surface area contributed by atoms with Crippen molar-refractivity contribution in [2.75, 3.05) is 0 Å². The number of carbonyl (C=O) groups is 2. The third-order valence-electron chi connectivity index (χ3n) is 7.61. The highest BCUT2D eigenvalue weighted by atomic mass is 16.7. The number of hydroxylamine groups is 1. The van der Waals surface area contributed by atoms with Gasteiger partial charge < -0.3 is 14.6 Å². The van der Waals surface area contributed by atoms with Gasteiger partial charge in [-0.3, -0.25) is 9.63 Å². The molecule has 0 spiro atoms. The number of hydrogen-bond donors (Lipinski definition) is 2. The van der Waals surface area contributed by atoms with E-state index in [1.165, 1.54) is 0 Å². The van der Waals surface area contributed by atoms with Crippen LogP contribution >= 0.6 is 0 Å². The maximum absolute atomic E-state index is 14.1. The molecule has 7 nitrogen and oxygen atoms in total. The first-order valence-electron chi connectivity index (χ1n) is 15.4. The Balaban J connectivity index is 1.52. The third kappa shape index (κ3) is 7.27. The van der Waals surface area contributed by atoms with Crippen molar-refractivity contribution in [2.45, 2.75) is 64.3 Å². The summed E-state index contributed by atoms with van der Waals surface area (Å²) >= 11 is 0. The zero-order valence-corrected chi connectivity index (χ0v) is 26.3. The predicted octanol–water partition coefficient (Wildman–Crippen LogP) is 7.53. The fraction of sp³-hybridized carbons (Fsp3) is 0.263. The number of alkyl carbamates (subject to hydrolysis) is 1. The number of hydrogen-bond acceptors (Lipinski definition) is 4. The second kappa shape index (κ2) is 13.8. The van der Waals surface area contributed by atoms with Gasteiger partial charge in [-0.25, -0.2) is 10.3 Å². The minimum Gasteiger partial charge on any atom is -0.444 e. The Hall–Kier alpha value is -4.88. The second-order valence-electron chi connectivity index (χ2n) is 12.1. The maximum atomic E-state index is 14.1. The zero-order valence-electron chi connectivity index (χ0n) is 26.3. The van der Waals surface area contributed by atoms with E-state index >= 15 is 0 Å². The molecule has 0 unspecified atom stereocenters. The predicted molar refractivity (Wildman–Crippen MR) is 178 cm³/mol. The Morgan fingerprint density at radius 3 is 1.78 bits per heavy atom. The van der Waals surface area contributed by atoms with Crippen LogP contribution in [0.4, 0.5) is 4.79 Å². The van der Waals surface area contributed by atoms with Crippen molar-refractivity contribution in [3.63, 3.8) is 0 Å². The van der Waals surface area contributed by atoms with Crippen LogP contribution in [-0.2, 0) is 32.9 Å². The van der Waals surface area contributed by atoms with Gasteiger partial charge in [0.2, 0.25) is 0 Å². The van der Waals surface area contributed by atoms with Gasteiger partial charge in [-0.05, 0) is 55.5 Å². The SMILES string of the molecule is CCCn1cc(C[C@H](NC(=O)OC(C)(C)C)C(=O)NOC(c2ccccc2)(c2ccccc2)c2ccccc2)c2ccccc21. The average Bonchev–Trinajstić information content (AvgIpc) is 3.38. The molecular formula is C38H41N3O4. The lowest BCUT2D eigenvalue weighted by Crippen LogP contribution is -2.51. The zero-order chi connectivity index (χ0) is 31.9. The monoisotopic (exact) mass is 603 g/mol. The average molecular weight is 604 g/mol. The normalized spacial score (nSPS) is 12.4. The number of fused-ring (bicyclic) bond motifs is 1. The van der Waals surface area contributed by atoms with Crippen LogP contribution in [0.5, 0.6) is 0 Å². The number of amides is 2. The van der Waals surface area contributed by atoms with Crippen LogP contribution in [0, 0.1) is 0 Å². The van der Waals surface area contributed by atoms with Gasteiger partial charge in [0.1, 0.15) is 11.6 Å². The maximum Gasteiger partial charge on any atom is 0.408 e. The summed E-state index contributed by atoms with van der Waals surface area (Å²) in [6.07, 6.45) is 2.59. The lowest BCUT2D eigenvalue weighted by atomic mass is 9.80. The molecule has 5 aromatic rings. The van der Waals surface area contributed by atoms with E-state index in [0.29, 0.717) is 0 Å². The quantitative estimate of drug-likeness (QED) is 0.121. The Kier molecular flexibility index (Phi) is 9.69. The second-order valence-corrected chi connectivity index (χ2v) is 12.1. The minimum absolute atomic E-state index is 0.237. The standard InChI is InChI=1S/C38H41N3O4/c1-5-25-41-27-28(32-23-15-16-24-34(32)41)26-33(39-36(43)44-37(2,3)4)35(42)40-45-38(29-17-9-6-10-18-29,30-19-11-7-12-20-30)31-21-13-8-14-22-31/h6-24,27,33H,5,25-26H2,1-4H3,(H,39,43)(H,40,42)/t33-/m0/s1. The molecule has 0 aliphatic rings. The molecule has 0 fully saturated rings. The highest BCUT2D eigenvalue weighted by Crippen LogP contribution is 2.39. The topological polar surface area (TPSA) is 81.6 Å². The van der Waals surface area contributed by atoms with Crippen LogP contribution in [0.15, 0.2) is 121 Å². The molecule has 0 saturated carbocycles. The number of nitrogens with one attached hydrogen (secondary N) is 2. The molecular weight excluding hydrogens is 562 g/mol. The number of aryl methyl sites for hydroxylation is 1. The van der Waals surface area contributed by atoms with Crippen molar-refractivity contribution in [2.24, 2.45) is 0 Å². The van der Waals surface area contributed by atoms with Gasteiger partial charge in [-0.15, -0.1) is 0 Å². The van der Waals surface area contributed by atoms with Crippen LogP contribution in [0.3, 0.4) is 0 Å². The van der Waals surface area contributed by atoms with Gasteiger partial charge >= 0.3 is 6.09 Å². The molecule has 0 aliphatic carbocycles. The Morgan fingerprint density at radius 2 is 1.27 bits per heavy atom. The highest BCUT2D eigenvalue weighted by Gasteiger charge is 2.40. The van der Waals surface area contributed by atoms with Crippen molar-refractivity contribution in [3.8, 4) is 0 Å². The van der Waals surface area contributed by atoms with E-state index in [9.17, 15) is 9.59 Å². The van der Waals surface area contributed by atoms with E-state index < -0.39 is 29.2 Å². The van der Waals surface area contributed by atoms with Gasteiger partial charge in [0.15, 0.2) is 5.60 Å². The fourth-order valence-corrected chi connectivity index (χ4v) is 5.68. The van der Waals surface area contributed by atoms with E-state index in [4.69, 9.17) is 9.57 Å². The van der Waals surface area contributed by atoms with E-state index in [-0.39, 0.29) is 6.42 Å². The largest absolute Gasteiger partial charge is 0.444 e. The Bertz CT molecular complexity index is 1610. The Morgan fingerprint density at radius 1 is 0.756 bits per heavy atom. The van der Waals surface area contributed by atoms with Gasteiger partial charge in [0.25, 0.3) is 5.91 Å². The first kappa shape index (κ1) is 31.5. The summed E-state index contributed by atoms with van der Waals surface area (Å²) in [4.78, 5) is 33.8. The number of ether oxygens (including phenoxy) is 1. The summed E-state index contributed by atoms with van der Waals surface area (Å²) in [5.41, 5.74) is 5.39. The lowest BCUT2D eigenvalue weighted by molar-refractivity contribution is -0.145. The first-order valence-corrected chi connectivity index (χ1v) is 15.4. The number of nitrogens with zero attached hydrogens (tertiary/aromatic N) is 1. The molecule has 0 aliphatic heterocycles. The summed E-state index contributed by atoms with van der Waals surface area (Å²) in [6, 6.07) is 36.5. The van der Waals surface area contributed by atoms with Crippen molar-refractivity contribution < 1.29 is 19.2 Å². The Labute approximate surface area is 265 Å². The fourth-order valence-electron chi connectivity index (χ4n) is 5.68. The molecule has 1 atom stereocenters. The number of rotatable bonds is 11. The van der Waals surface area contributed by atoms with E-state index in [0.717, 1.165) is 46.1 Å². The minimum atomic E-state index is -1.17. The highest BCUT2D eigenvalue weighted by molar-refractivity contribution is 5.88. The number of carbonyl (C=O) groups excluding carboxylic acids is 2. The first-order chi connectivity index (χ1) is 21.7. The summed E-state index contributed by atoms with van der Waals surface area (Å²) in [7, 11) is 0. The molecule has 232 valence electrons. The van der Waals surface area contributed by atoms with Crippen LogP contribution in [0.25, 0.3) is 10.9 Å². The lowest BCUT2D eigenvalue weighted by Gasteiger charge is -2.35. The third-order valence-corrected chi connectivity index (χ3v) is 7.61. The van der Waals surface area contributed by atoms with Gasteiger partial charge in [0, 0.05) is 30.1 Å². The van der Waals surface area contributed by atoms with Gasteiger partial charge in [-0.2, -0.15) is 0 Å². The molecule has 4 aromatic carbocycles. The van der Waals surface area contributed by atoms with Gasteiger partial charge in [0.05, 0.1) is 0 Å². The van der Waals surface area contributed by atoms with Crippen molar-refractivity contribution in [1.82, 2.24) is 15.4 Å². The van der Waals surface area contributed by atoms with E-state index in [1.807, 2.05) is 109 Å². The number of benzene rings is 4. The molecule has 45 heavy (non-hydrogen) atoms.